The highest BCUT2D eigenvalue weighted by Crippen LogP contribution is 2.32. The van der Waals surface area contributed by atoms with Crippen molar-refractivity contribution < 1.29 is 9.26 Å². The van der Waals surface area contributed by atoms with Crippen LogP contribution >= 0.6 is 0 Å². The molecule has 206 valence electrons. The van der Waals surface area contributed by atoms with Crippen LogP contribution in [0.3, 0.4) is 0 Å². The van der Waals surface area contributed by atoms with Crippen molar-refractivity contribution >= 4 is 11.4 Å². The normalized spacial score (nSPS) is 13.6. The Morgan fingerprint density at radius 1 is 0.975 bits per heavy atom. The topological polar surface area (TPSA) is 83.7 Å². The highest BCUT2D eigenvalue weighted by atomic mass is 16.5. The predicted octanol–water partition coefficient (Wildman–Crippen LogP) is 7.32. The molecule has 7 heteroatoms. The van der Waals surface area contributed by atoms with Crippen molar-refractivity contribution in [2.75, 3.05) is 6.54 Å². The first-order valence-corrected chi connectivity index (χ1v) is 14.0. The summed E-state index contributed by atoms with van der Waals surface area (Å²) in [5, 5.41) is 3.88. The van der Waals surface area contributed by atoms with Crippen LogP contribution in [0, 0.1) is 0 Å². The van der Waals surface area contributed by atoms with Crippen LogP contribution in [0.2, 0.25) is 0 Å². The number of amidine groups is 1. The lowest BCUT2D eigenvalue weighted by molar-refractivity contribution is 0.242. The van der Waals surface area contributed by atoms with E-state index in [4.69, 9.17) is 14.3 Å². The summed E-state index contributed by atoms with van der Waals surface area (Å²) in [6, 6.07) is 24.8. The maximum atomic E-state index is 11.5. The molecule has 5 rings (SSSR count). The number of unbranched alkanes of at least 4 members (excludes halogenated alkanes) is 1. The van der Waals surface area contributed by atoms with Gasteiger partial charge in [0.25, 0.3) is 0 Å². The zero-order valence-corrected chi connectivity index (χ0v) is 23.6. The number of rotatable bonds is 10. The molecule has 0 spiro atoms. The molecule has 1 aliphatic heterocycles. The number of aliphatic imine (C=N–C) groups is 1. The van der Waals surface area contributed by atoms with Gasteiger partial charge >= 0.3 is 5.76 Å². The number of nitrogens with one attached hydrogen (secondary N) is 1. The molecule has 3 aromatic carbocycles. The lowest BCUT2D eigenvalue weighted by atomic mass is 9.97. The molecule has 0 amide bonds. The van der Waals surface area contributed by atoms with Crippen LogP contribution in [0.25, 0.3) is 28.1 Å². The molecule has 0 saturated heterocycles. The van der Waals surface area contributed by atoms with Gasteiger partial charge in [-0.15, -0.1) is 0 Å². The fourth-order valence-electron chi connectivity index (χ4n) is 5.03. The number of allylic oxidation sites excluding steroid dienone is 1. The van der Waals surface area contributed by atoms with Crippen molar-refractivity contribution in [2.24, 2.45) is 4.99 Å². The molecule has 0 aliphatic carbocycles. The first-order chi connectivity index (χ1) is 19.4. The number of aromatic nitrogens is 2. The molecule has 1 aliphatic rings. The van der Waals surface area contributed by atoms with Crippen molar-refractivity contribution in [1.29, 1.82) is 0 Å². The standard InChI is InChI=1S/C33H36N4O3/c1-5-6-11-31-34-23(4)30(26-16-18-27(19-17-26)39-22(2)3)21-37(31)20-24-12-14-25(15-13-24)28-9-7-8-10-29(28)32-35-33(38)40-36-32/h7-10,12-19,22H,5-6,11,20-21H2,1-4H3,(H,35,36,38). The third-order valence-corrected chi connectivity index (χ3v) is 7.04. The first-order valence-electron chi connectivity index (χ1n) is 14.0. The summed E-state index contributed by atoms with van der Waals surface area (Å²) in [7, 11) is 0. The molecule has 1 aromatic heterocycles. The molecule has 4 aromatic rings. The van der Waals surface area contributed by atoms with Crippen LogP contribution in [0.4, 0.5) is 0 Å². The van der Waals surface area contributed by atoms with Crippen LogP contribution in [0.5, 0.6) is 5.75 Å². The third kappa shape index (κ3) is 6.25. The van der Waals surface area contributed by atoms with Gasteiger partial charge in [0, 0.05) is 30.8 Å². The van der Waals surface area contributed by atoms with Crippen molar-refractivity contribution in [2.45, 2.75) is 59.6 Å². The second kappa shape index (κ2) is 12.2. The Labute approximate surface area is 235 Å². The summed E-state index contributed by atoms with van der Waals surface area (Å²) in [4.78, 5) is 21.7. The number of nitrogens with zero attached hydrogens (tertiary/aromatic N) is 3. The largest absolute Gasteiger partial charge is 0.491 e. The average molecular weight is 537 g/mol. The Morgan fingerprint density at radius 3 is 2.33 bits per heavy atom. The minimum Gasteiger partial charge on any atom is -0.491 e. The van der Waals surface area contributed by atoms with Gasteiger partial charge in [0.2, 0.25) is 0 Å². The molecule has 0 atom stereocenters. The number of ether oxygens (including phenoxy) is 1. The van der Waals surface area contributed by atoms with E-state index in [0.717, 1.165) is 66.3 Å². The molecular formula is C33H36N4O3. The molecular weight excluding hydrogens is 500 g/mol. The molecule has 0 saturated carbocycles. The maximum absolute atomic E-state index is 11.5. The van der Waals surface area contributed by atoms with Gasteiger partial charge in [0.1, 0.15) is 11.6 Å². The summed E-state index contributed by atoms with van der Waals surface area (Å²) < 4.78 is 10.6. The predicted molar refractivity (Wildman–Crippen MR) is 160 cm³/mol. The van der Waals surface area contributed by atoms with Gasteiger partial charge in [0.05, 0.1) is 6.10 Å². The molecule has 0 bridgehead atoms. The van der Waals surface area contributed by atoms with E-state index in [-0.39, 0.29) is 6.10 Å². The number of hydrogen-bond donors (Lipinski definition) is 1. The fraction of sp³-hybridized carbons (Fsp3) is 0.303. The zero-order valence-electron chi connectivity index (χ0n) is 23.6. The van der Waals surface area contributed by atoms with E-state index in [9.17, 15) is 4.79 Å². The molecule has 7 nitrogen and oxygen atoms in total. The molecule has 1 N–H and O–H groups in total. The number of hydrogen-bond acceptors (Lipinski definition) is 6. The van der Waals surface area contributed by atoms with E-state index in [0.29, 0.717) is 5.82 Å². The zero-order chi connectivity index (χ0) is 28.1. The monoisotopic (exact) mass is 536 g/mol. The van der Waals surface area contributed by atoms with Crippen molar-refractivity contribution in [3.63, 3.8) is 0 Å². The van der Waals surface area contributed by atoms with E-state index in [1.807, 2.05) is 50.2 Å². The summed E-state index contributed by atoms with van der Waals surface area (Å²) in [6.45, 7) is 9.99. The van der Waals surface area contributed by atoms with E-state index >= 15 is 0 Å². The van der Waals surface area contributed by atoms with Gasteiger partial charge < -0.3 is 9.64 Å². The Kier molecular flexibility index (Phi) is 8.29. The molecule has 0 unspecified atom stereocenters. The summed E-state index contributed by atoms with van der Waals surface area (Å²) in [6.07, 6.45) is 3.35. The lowest BCUT2D eigenvalue weighted by Gasteiger charge is -2.32. The number of aromatic amines is 1. The van der Waals surface area contributed by atoms with E-state index in [2.05, 4.69) is 65.3 Å². The van der Waals surface area contributed by atoms with Crippen molar-refractivity contribution in [1.82, 2.24) is 15.0 Å². The van der Waals surface area contributed by atoms with Gasteiger partial charge in [-0.25, -0.2) is 9.79 Å². The highest BCUT2D eigenvalue weighted by Gasteiger charge is 2.21. The van der Waals surface area contributed by atoms with Gasteiger partial charge in [-0.3, -0.25) is 9.51 Å². The smallest absolute Gasteiger partial charge is 0.439 e. The van der Waals surface area contributed by atoms with Crippen LogP contribution in [0.1, 0.15) is 58.1 Å². The fourth-order valence-corrected chi connectivity index (χ4v) is 5.03. The van der Waals surface area contributed by atoms with Crippen molar-refractivity contribution in [3.8, 4) is 28.3 Å². The summed E-state index contributed by atoms with van der Waals surface area (Å²) >= 11 is 0. The Balaban J connectivity index is 1.38. The van der Waals surface area contributed by atoms with E-state index in [1.54, 1.807) is 0 Å². The minimum absolute atomic E-state index is 0.147. The average Bonchev–Trinajstić information content (AvgIpc) is 3.39. The van der Waals surface area contributed by atoms with Gasteiger partial charge in [-0.1, -0.05) is 79.2 Å². The number of H-pyrrole nitrogens is 1. The summed E-state index contributed by atoms with van der Waals surface area (Å²) in [5.41, 5.74) is 7.55. The molecule has 40 heavy (non-hydrogen) atoms. The second-order valence-electron chi connectivity index (χ2n) is 10.4. The van der Waals surface area contributed by atoms with Crippen LogP contribution in [-0.2, 0) is 6.54 Å². The molecule has 0 fully saturated rings. The van der Waals surface area contributed by atoms with Crippen LogP contribution < -0.4 is 10.5 Å². The highest BCUT2D eigenvalue weighted by molar-refractivity contribution is 5.89. The Bertz CT molecular complexity index is 1560. The third-order valence-electron chi connectivity index (χ3n) is 7.04. The Hall–Kier alpha value is -4.39. The Morgan fingerprint density at radius 2 is 1.68 bits per heavy atom. The van der Waals surface area contributed by atoms with E-state index in [1.165, 1.54) is 16.7 Å². The van der Waals surface area contributed by atoms with E-state index < -0.39 is 5.76 Å². The quantitative estimate of drug-likeness (QED) is 0.230. The SMILES string of the molecule is CCCCC1=NC(C)=C(c2ccc(OC(C)C)cc2)CN1Cc1ccc(-c2ccccc2-c2noc(=O)[nH]2)cc1. The van der Waals surface area contributed by atoms with Crippen LogP contribution in [-0.4, -0.2) is 33.5 Å². The van der Waals surface area contributed by atoms with Gasteiger partial charge in [0.15, 0.2) is 5.82 Å². The van der Waals surface area contributed by atoms with Gasteiger partial charge in [-0.2, -0.15) is 0 Å². The molecule has 0 radical (unpaired) electrons. The maximum Gasteiger partial charge on any atom is 0.439 e. The first kappa shape index (κ1) is 27.2. The van der Waals surface area contributed by atoms with Gasteiger partial charge in [-0.05, 0) is 67.2 Å². The molecule has 2 heterocycles. The summed E-state index contributed by atoms with van der Waals surface area (Å²) in [5.74, 6) is 1.89. The second-order valence-corrected chi connectivity index (χ2v) is 10.4. The lowest BCUT2D eigenvalue weighted by Crippen LogP contribution is -2.34. The minimum atomic E-state index is -0.564. The number of benzene rings is 3. The van der Waals surface area contributed by atoms with Crippen LogP contribution in [0.15, 0.2) is 92.8 Å². The van der Waals surface area contributed by atoms with Crippen molar-refractivity contribution in [3.05, 3.63) is 100 Å².